The quantitative estimate of drug-likeness (QED) is 0.258. The molecule has 164 valence electrons. The Kier molecular flexibility index (Phi) is 5.24. The molecule has 0 unspecified atom stereocenters. The fraction of sp³-hybridized carbons (Fsp3) is 0.0938. The molecular formula is C32H25NS. The topological polar surface area (TPSA) is 12.9 Å². The van der Waals surface area contributed by atoms with E-state index in [1.165, 1.54) is 48.0 Å². The Labute approximate surface area is 204 Å². The molecule has 0 aliphatic carbocycles. The zero-order chi connectivity index (χ0) is 23.1. The molecule has 2 heterocycles. The molecule has 34 heavy (non-hydrogen) atoms. The van der Waals surface area contributed by atoms with Gasteiger partial charge in [0.2, 0.25) is 0 Å². The van der Waals surface area contributed by atoms with Crippen LogP contribution >= 0.6 is 11.3 Å². The van der Waals surface area contributed by atoms with Crippen LogP contribution < -0.4 is 0 Å². The summed E-state index contributed by atoms with van der Waals surface area (Å²) in [4.78, 5) is 4.70. The van der Waals surface area contributed by atoms with Crippen molar-refractivity contribution >= 4 is 31.5 Å². The standard InChI is InChI=1S/C32H25NS/c1-21(2)28-17-26(23-11-7-4-8-12-23)18-29-27-14-13-25(20-31(27)34-32(28)29)30-19-24(15-16-33-30)22-9-5-3-6-10-22/h3-21H,1-2H3. The summed E-state index contributed by atoms with van der Waals surface area (Å²) in [6.07, 6.45) is 1.91. The number of fused-ring (bicyclic) bond motifs is 3. The largest absolute Gasteiger partial charge is 0.256 e. The van der Waals surface area contributed by atoms with Gasteiger partial charge < -0.3 is 0 Å². The predicted octanol–water partition coefficient (Wildman–Crippen LogP) is 9.57. The highest BCUT2D eigenvalue weighted by Gasteiger charge is 2.15. The predicted molar refractivity (Wildman–Crippen MR) is 148 cm³/mol. The van der Waals surface area contributed by atoms with Crippen LogP contribution in [0.4, 0.5) is 0 Å². The number of aromatic nitrogens is 1. The van der Waals surface area contributed by atoms with Gasteiger partial charge in [0, 0.05) is 31.9 Å². The van der Waals surface area contributed by atoms with Crippen molar-refractivity contribution in [2.24, 2.45) is 0 Å². The van der Waals surface area contributed by atoms with Crippen molar-refractivity contribution < 1.29 is 0 Å². The molecule has 4 aromatic carbocycles. The Balaban J connectivity index is 1.50. The number of nitrogens with zero attached hydrogens (tertiary/aromatic N) is 1. The molecule has 6 rings (SSSR count). The van der Waals surface area contributed by atoms with Crippen LogP contribution in [0.2, 0.25) is 0 Å². The summed E-state index contributed by atoms with van der Waals surface area (Å²) in [5, 5.41) is 2.67. The average Bonchev–Trinajstić information content (AvgIpc) is 3.27. The number of rotatable bonds is 4. The highest BCUT2D eigenvalue weighted by molar-refractivity contribution is 7.26. The van der Waals surface area contributed by atoms with Crippen molar-refractivity contribution in [1.82, 2.24) is 4.98 Å². The number of hydrogen-bond acceptors (Lipinski definition) is 2. The summed E-state index contributed by atoms with van der Waals surface area (Å²) in [6.45, 7) is 4.58. The van der Waals surface area contributed by atoms with Gasteiger partial charge in [0.05, 0.1) is 5.69 Å². The summed E-state index contributed by atoms with van der Waals surface area (Å²) in [5.74, 6) is 0.461. The van der Waals surface area contributed by atoms with Crippen molar-refractivity contribution in [3.63, 3.8) is 0 Å². The van der Waals surface area contributed by atoms with Gasteiger partial charge in [-0.1, -0.05) is 86.6 Å². The lowest BCUT2D eigenvalue weighted by Gasteiger charge is -2.11. The maximum atomic E-state index is 4.70. The minimum atomic E-state index is 0.461. The van der Waals surface area contributed by atoms with Gasteiger partial charge in [0.15, 0.2) is 0 Å². The van der Waals surface area contributed by atoms with Gasteiger partial charge in [-0.15, -0.1) is 11.3 Å². The van der Waals surface area contributed by atoms with E-state index in [1.807, 2.05) is 17.5 Å². The van der Waals surface area contributed by atoms with Crippen molar-refractivity contribution in [2.75, 3.05) is 0 Å². The third kappa shape index (κ3) is 3.70. The third-order valence-corrected chi connectivity index (χ3v) is 7.71. The molecule has 0 saturated carbocycles. The SMILES string of the molecule is CC(C)c1cc(-c2ccccc2)cc2c1sc1cc(-c3cc(-c4ccccc4)ccn3)ccc12. The van der Waals surface area contributed by atoms with Crippen LogP contribution in [0.3, 0.4) is 0 Å². The Morgan fingerprint density at radius 1 is 0.588 bits per heavy atom. The number of hydrogen-bond donors (Lipinski definition) is 0. The number of thiophene rings is 1. The molecule has 6 aromatic rings. The summed E-state index contributed by atoms with van der Waals surface area (Å²) >= 11 is 1.90. The minimum absolute atomic E-state index is 0.461. The van der Waals surface area contributed by atoms with E-state index in [0.717, 1.165) is 11.3 Å². The molecule has 0 atom stereocenters. The Hall–Kier alpha value is -3.75. The molecule has 0 N–H and O–H groups in total. The second-order valence-corrected chi connectivity index (χ2v) is 10.1. The van der Waals surface area contributed by atoms with Gasteiger partial charge in [-0.25, -0.2) is 0 Å². The molecule has 0 aliphatic rings. The van der Waals surface area contributed by atoms with E-state index < -0.39 is 0 Å². The molecule has 0 spiro atoms. The van der Waals surface area contributed by atoms with Gasteiger partial charge >= 0.3 is 0 Å². The second kappa shape index (κ2) is 8.55. The van der Waals surface area contributed by atoms with Crippen LogP contribution in [0.5, 0.6) is 0 Å². The van der Waals surface area contributed by atoms with E-state index >= 15 is 0 Å². The zero-order valence-electron chi connectivity index (χ0n) is 19.3. The van der Waals surface area contributed by atoms with E-state index in [-0.39, 0.29) is 0 Å². The molecule has 0 amide bonds. The van der Waals surface area contributed by atoms with Crippen LogP contribution in [-0.2, 0) is 0 Å². The molecule has 2 heteroatoms. The first kappa shape index (κ1) is 20.8. The van der Waals surface area contributed by atoms with Crippen LogP contribution in [0.15, 0.2) is 109 Å². The summed E-state index contributed by atoms with van der Waals surface area (Å²) in [5.41, 5.74) is 8.55. The normalized spacial score (nSPS) is 11.5. The van der Waals surface area contributed by atoms with E-state index in [1.54, 1.807) is 0 Å². The fourth-order valence-corrected chi connectivity index (χ4v) is 6.07. The van der Waals surface area contributed by atoms with E-state index in [4.69, 9.17) is 4.98 Å². The van der Waals surface area contributed by atoms with Crippen LogP contribution in [0, 0.1) is 0 Å². The minimum Gasteiger partial charge on any atom is -0.256 e. The van der Waals surface area contributed by atoms with Gasteiger partial charge in [-0.05, 0) is 64.1 Å². The number of pyridine rings is 1. The fourth-order valence-electron chi connectivity index (χ4n) is 4.69. The Bertz CT molecular complexity index is 1610. The van der Waals surface area contributed by atoms with Gasteiger partial charge in [-0.3, -0.25) is 4.98 Å². The second-order valence-electron chi connectivity index (χ2n) is 9.07. The molecule has 1 nitrogen and oxygen atoms in total. The first-order valence-electron chi connectivity index (χ1n) is 11.7. The molecule has 0 saturated heterocycles. The highest BCUT2D eigenvalue weighted by atomic mass is 32.1. The number of benzene rings is 4. The van der Waals surface area contributed by atoms with Crippen molar-refractivity contribution in [1.29, 1.82) is 0 Å². The molecule has 0 radical (unpaired) electrons. The summed E-state index contributed by atoms with van der Waals surface area (Å²) in [7, 11) is 0. The smallest absolute Gasteiger partial charge is 0.0708 e. The molecule has 0 fully saturated rings. The first-order chi connectivity index (χ1) is 16.7. The third-order valence-electron chi connectivity index (χ3n) is 6.49. The van der Waals surface area contributed by atoms with Gasteiger partial charge in [-0.2, -0.15) is 0 Å². The Morgan fingerprint density at radius 2 is 1.29 bits per heavy atom. The first-order valence-corrected chi connectivity index (χ1v) is 12.6. The van der Waals surface area contributed by atoms with Crippen molar-refractivity contribution in [2.45, 2.75) is 19.8 Å². The van der Waals surface area contributed by atoms with Crippen LogP contribution in [-0.4, -0.2) is 4.98 Å². The molecular weight excluding hydrogens is 430 g/mol. The van der Waals surface area contributed by atoms with Gasteiger partial charge in [0.1, 0.15) is 0 Å². The van der Waals surface area contributed by atoms with E-state index in [2.05, 4.69) is 117 Å². The van der Waals surface area contributed by atoms with Crippen LogP contribution in [0.1, 0.15) is 25.3 Å². The van der Waals surface area contributed by atoms with Crippen molar-refractivity contribution in [3.8, 4) is 33.5 Å². The molecule has 0 bridgehead atoms. The lowest BCUT2D eigenvalue weighted by Crippen LogP contribution is -1.89. The average molecular weight is 456 g/mol. The van der Waals surface area contributed by atoms with Crippen molar-refractivity contribution in [3.05, 3.63) is 115 Å². The van der Waals surface area contributed by atoms with E-state index in [9.17, 15) is 0 Å². The van der Waals surface area contributed by atoms with Crippen LogP contribution in [0.25, 0.3) is 53.7 Å². The van der Waals surface area contributed by atoms with E-state index in [0.29, 0.717) is 5.92 Å². The highest BCUT2D eigenvalue weighted by Crippen LogP contribution is 2.42. The van der Waals surface area contributed by atoms with Gasteiger partial charge in [0.25, 0.3) is 0 Å². The lowest BCUT2D eigenvalue weighted by molar-refractivity contribution is 0.878. The molecule has 2 aromatic heterocycles. The Morgan fingerprint density at radius 3 is 2.00 bits per heavy atom. The maximum absolute atomic E-state index is 4.70. The monoisotopic (exact) mass is 455 g/mol. The maximum Gasteiger partial charge on any atom is 0.0708 e. The zero-order valence-corrected chi connectivity index (χ0v) is 20.1. The summed E-state index contributed by atoms with van der Waals surface area (Å²) < 4.78 is 2.71. The molecule has 0 aliphatic heterocycles. The lowest BCUT2D eigenvalue weighted by atomic mass is 9.94. The summed E-state index contributed by atoms with van der Waals surface area (Å²) in [6, 6.07) is 37.0.